The quantitative estimate of drug-likeness (QED) is 0.421. The van der Waals surface area contributed by atoms with E-state index < -0.39 is 0 Å². The Bertz CT molecular complexity index is 600. The Morgan fingerprint density at radius 2 is 2.00 bits per heavy atom. The number of rotatable bonds is 8. The molecule has 6 nitrogen and oxygen atoms in total. The molecule has 1 aromatic carbocycles. The molecule has 2 unspecified atom stereocenters. The third-order valence-electron chi connectivity index (χ3n) is 5.40. The summed E-state index contributed by atoms with van der Waals surface area (Å²) < 4.78 is 17.0. The van der Waals surface area contributed by atoms with E-state index in [0.29, 0.717) is 0 Å². The molecular weight excluding hydrogens is 354 g/mol. The number of hydrogen-bond acceptors (Lipinski definition) is 4. The summed E-state index contributed by atoms with van der Waals surface area (Å²) in [6.07, 6.45) is 5.96. The second-order valence-electron chi connectivity index (χ2n) is 7.45. The van der Waals surface area contributed by atoms with Crippen LogP contribution in [0.3, 0.4) is 0 Å². The van der Waals surface area contributed by atoms with Gasteiger partial charge in [-0.05, 0) is 56.7 Å². The fourth-order valence-corrected chi connectivity index (χ4v) is 3.83. The van der Waals surface area contributed by atoms with Crippen LogP contribution in [0.2, 0.25) is 0 Å². The molecule has 0 radical (unpaired) electrons. The number of aliphatic imine (C=N–C) groups is 1. The molecule has 2 aliphatic heterocycles. The molecule has 3 rings (SSSR count). The minimum absolute atomic E-state index is 0.162. The first kappa shape index (κ1) is 20.9. The highest BCUT2D eigenvalue weighted by atomic mass is 16.5. The Kier molecular flexibility index (Phi) is 8.42. The topological polar surface area (TPSA) is 55.3 Å². The maximum atomic E-state index is 5.97. The maximum Gasteiger partial charge on any atom is 0.194 e. The van der Waals surface area contributed by atoms with Crippen molar-refractivity contribution < 1.29 is 14.2 Å². The largest absolute Gasteiger partial charge is 0.497 e. The van der Waals surface area contributed by atoms with Crippen molar-refractivity contribution in [1.29, 1.82) is 0 Å². The molecule has 0 aliphatic carbocycles. The average Bonchev–Trinajstić information content (AvgIpc) is 3.28. The lowest BCUT2D eigenvalue weighted by atomic mass is 10.1. The molecule has 0 saturated carbocycles. The first-order chi connectivity index (χ1) is 13.8. The molecule has 0 spiro atoms. The van der Waals surface area contributed by atoms with Gasteiger partial charge in [0.1, 0.15) is 11.9 Å². The van der Waals surface area contributed by atoms with Gasteiger partial charge in [-0.15, -0.1) is 0 Å². The highest BCUT2D eigenvalue weighted by Crippen LogP contribution is 2.21. The number of ether oxygens (including phenoxy) is 3. The van der Waals surface area contributed by atoms with Crippen LogP contribution in [0.5, 0.6) is 5.75 Å². The monoisotopic (exact) mass is 389 g/mol. The van der Waals surface area contributed by atoms with Crippen LogP contribution in [0.15, 0.2) is 29.3 Å². The Morgan fingerprint density at radius 1 is 1.18 bits per heavy atom. The fraction of sp³-hybridized carbons (Fsp3) is 0.682. The van der Waals surface area contributed by atoms with Crippen molar-refractivity contribution in [2.24, 2.45) is 4.99 Å². The van der Waals surface area contributed by atoms with Crippen LogP contribution in [0.25, 0.3) is 0 Å². The first-order valence-corrected chi connectivity index (χ1v) is 10.7. The fourth-order valence-electron chi connectivity index (χ4n) is 3.83. The lowest BCUT2D eigenvalue weighted by Gasteiger charge is -2.37. The molecule has 2 fully saturated rings. The van der Waals surface area contributed by atoms with Gasteiger partial charge in [-0.25, -0.2) is 0 Å². The number of morpholine rings is 1. The average molecular weight is 390 g/mol. The zero-order chi connectivity index (χ0) is 19.6. The summed E-state index contributed by atoms with van der Waals surface area (Å²) in [7, 11) is 1.70. The van der Waals surface area contributed by atoms with Gasteiger partial charge in [0.25, 0.3) is 0 Å². The SMILES string of the molecule is CCNC(=NCCCCc1ccc(OC)cc1)N1CCOC(C2CCCO2)C1. The Balaban J connectivity index is 1.45. The molecule has 2 aliphatic rings. The molecule has 1 N–H and O–H groups in total. The summed E-state index contributed by atoms with van der Waals surface area (Å²) in [6, 6.07) is 8.34. The van der Waals surface area contributed by atoms with Gasteiger partial charge in [0.2, 0.25) is 0 Å². The predicted octanol–water partition coefficient (Wildman–Crippen LogP) is 2.86. The van der Waals surface area contributed by atoms with Crippen molar-refractivity contribution >= 4 is 5.96 Å². The van der Waals surface area contributed by atoms with Crippen LogP contribution in [0.4, 0.5) is 0 Å². The van der Waals surface area contributed by atoms with Crippen LogP contribution in [0.1, 0.15) is 38.2 Å². The third-order valence-corrected chi connectivity index (χ3v) is 5.40. The molecular formula is C22H35N3O3. The van der Waals surface area contributed by atoms with E-state index in [1.54, 1.807) is 7.11 Å². The van der Waals surface area contributed by atoms with E-state index in [2.05, 4.69) is 29.3 Å². The van der Waals surface area contributed by atoms with Gasteiger partial charge < -0.3 is 24.4 Å². The normalized spacial score (nSPS) is 23.1. The lowest BCUT2D eigenvalue weighted by molar-refractivity contribution is -0.0817. The zero-order valence-corrected chi connectivity index (χ0v) is 17.4. The maximum absolute atomic E-state index is 5.97. The molecule has 0 aromatic heterocycles. The molecule has 6 heteroatoms. The predicted molar refractivity (Wildman–Crippen MR) is 112 cm³/mol. The third kappa shape index (κ3) is 6.11. The van der Waals surface area contributed by atoms with Gasteiger partial charge in [0, 0.05) is 32.8 Å². The summed E-state index contributed by atoms with van der Waals surface area (Å²) in [4.78, 5) is 7.21. The van der Waals surface area contributed by atoms with E-state index in [1.165, 1.54) is 5.56 Å². The molecule has 2 heterocycles. The minimum Gasteiger partial charge on any atom is -0.497 e. The number of guanidine groups is 1. The number of methoxy groups -OCH3 is 1. The van der Waals surface area contributed by atoms with E-state index in [9.17, 15) is 0 Å². The van der Waals surface area contributed by atoms with E-state index in [4.69, 9.17) is 19.2 Å². The van der Waals surface area contributed by atoms with E-state index in [0.717, 1.165) is 83.2 Å². The van der Waals surface area contributed by atoms with E-state index in [1.807, 2.05) is 12.1 Å². The second kappa shape index (κ2) is 11.3. The van der Waals surface area contributed by atoms with Gasteiger partial charge >= 0.3 is 0 Å². The van der Waals surface area contributed by atoms with Gasteiger partial charge in [0.05, 0.1) is 19.8 Å². The summed E-state index contributed by atoms with van der Waals surface area (Å²) in [5.74, 6) is 1.92. The standard InChI is InChI=1S/C22H35N3O3/c1-3-23-22(25-14-16-28-21(17-25)20-8-6-15-27-20)24-13-5-4-7-18-9-11-19(26-2)12-10-18/h9-12,20-21H,3-8,13-17H2,1-2H3,(H,23,24). The Morgan fingerprint density at radius 3 is 2.71 bits per heavy atom. The van der Waals surface area contributed by atoms with Crippen LogP contribution in [-0.2, 0) is 15.9 Å². The lowest BCUT2D eigenvalue weighted by Crippen LogP contribution is -2.53. The van der Waals surface area contributed by atoms with Crippen LogP contribution >= 0.6 is 0 Å². The molecule has 2 saturated heterocycles. The smallest absolute Gasteiger partial charge is 0.194 e. The second-order valence-corrected chi connectivity index (χ2v) is 7.45. The first-order valence-electron chi connectivity index (χ1n) is 10.7. The summed E-state index contributed by atoms with van der Waals surface area (Å²) in [5.41, 5.74) is 1.35. The van der Waals surface area contributed by atoms with Crippen molar-refractivity contribution in [3.8, 4) is 5.75 Å². The highest BCUT2D eigenvalue weighted by molar-refractivity contribution is 5.80. The number of nitrogens with one attached hydrogen (secondary N) is 1. The van der Waals surface area contributed by atoms with Crippen LogP contribution in [-0.4, -0.2) is 69.6 Å². The Labute approximate surface area is 169 Å². The van der Waals surface area contributed by atoms with Gasteiger partial charge in [-0.3, -0.25) is 4.99 Å². The molecule has 156 valence electrons. The van der Waals surface area contributed by atoms with Crippen molar-refractivity contribution in [3.05, 3.63) is 29.8 Å². The highest BCUT2D eigenvalue weighted by Gasteiger charge is 2.32. The summed E-state index contributed by atoms with van der Waals surface area (Å²) >= 11 is 0. The summed E-state index contributed by atoms with van der Waals surface area (Å²) in [6.45, 7) is 7.22. The van der Waals surface area contributed by atoms with Crippen LogP contribution in [0, 0.1) is 0 Å². The minimum atomic E-state index is 0.162. The number of nitrogens with zero attached hydrogens (tertiary/aromatic N) is 2. The van der Waals surface area contributed by atoms with Crippen molar-refractivity contribution in [3.63, 3.8) is 0 Å². The van der Waals surface area contributed by atoms with E-state index in [-0.39, 0.29) is 12.2 Å². The van der Waals surface area contributed by atoms with Gasteiger partial charge in [-0.2, -0.15) is 0 Å². The number of hydrogen-bond donors (Lipinski definition) is 1. The van der Waals surface area contributed by atoms with Gasteiger partial charge in [0.15, 0.2) is 5.96 Å². The number of benzene rings is 1. The number of unbranched alkanes of at least 4 members (excludes halogenated alkanes) is 1. The molecule has 0 amide bonds. The van der Waals surface area contributed by atoms with E-state index >= 15 is 0 Å². The Hall–Kier alpha value is -1.79. The molecule has 1 aromatic rings. The van der Waals surface area contributed by atoms with Crippen molar-refractivity contribution in [2.45, 2.75) is 51.2 Å². The summed E-state index contributed by atoms with van der Waals surface area (Å²) in [5, 5.41) is 3.45. The van der Waals surface area contributed by atoms with Crippen molar-refractivity contribution in [1.82, 2.24) is 10.2 Å². The zero-order valence-electron chi connectivity index (χ0n) is 17.4. The van der Waals surface area contributed by atoms with Gasteiger partial charge in [-0.1, -0.05) is 12.1 Å². The van der Waals surface area contributed by atoms with Crippen LogP contribution < -0.4 is 10.1 Å². The molecule has 2 atom stereocenters. The van der Waals surface area contributed by atoms with Crippen molar-refractivity contribution in [2.75, 3.05) is 46.5 Å². The molecule has 28 heavy (non-hydrogen) atoms. The number of aryl methyl sites for hydroxylation is 1. The molecule has 0 bridgehead atoms.